The Kier molecular flexibility index (Phi) is 5.78. The van der Waals surface area contributed by atoms with Gasteiger partial charge in [-0.2, -0.15) is 0 Å². The zero-order valence-corrected chi connectivity index (χ0v) is 12.7. The van der Waals surface area contributed by atoms with Gasteiger partial charge in [0.05, 0.1) is 6.61 Å². The van der Waals surface area contributed by atoms with Crippen molar-refractivity contribution in [2.24, 2.45) is 0 Å². The summed E-state index contributed by atoms with van der Waals surface area (Å²) in [7, 11) is 1.67. The number of alkyl halides is 1. The monoisotopic (exact) mass is 303 g/mol. The van der Waals surface area contributed by atoms with Gasteiger partial charge >= 0.3 is 0 Å². The van der Waals surface area contributed by atoms with Crippen molar-refractivity contribution in [1.82, 2.24) is 0 Å². The van der Waals surface area contributed by atoms with E-state index in [2.05, 4.69) is 5.32 Å². The van der Waals surface area contributed by atoms with Crippen LogP contribution < -0.4 is 5.32 Å². The van der Waals surface area contributed by atoms with Gasteiger partial charge in [0.25, 0.3) is 5.91 Å². The lowest BCUT2D eigenvalue weighted by Gasteiger charge is -2.11. The summed E-state index contributed by atoms with van der Waals surface area (Å²) in [5, 5.41) is 2.95. The molecule has 0 saturated heterocycles. The fraction of sp³-hybridized carbons (Fsp3) is 0.235. The van der Waals surface area contributed by atoms with Crippen molar-refractivity contribution in [2.45, 2.75) is 12.3 Å². The molecule has 2 aromatic rings. The van der Waals surface area contributed by atoms with Crippen LogP contribution >= 0.6 is 11.6 Å². The third-order valence-electron chi connectivity index (χ3n) is 3.18. The normalized spacial score (nSPS) is 10.4. The van der Waals surface area contributed by atoms with Gasteiger partial charge in [-0.3, -0.25) is 4.79 Å². The highest BCUT2D eigenvalue weighted by molar-refractivity contribution is 6.17. The Labute approximate surface area is 129 Å². The quantitative estimate of drug-likeness (QED) is 0.823. The molecule has 2 aromatic carbocycles. The van der Waals surface area contributed by atoms with E-state index in [4.69, 9.17) is 16.3 Å². The van der Waals surface area contributed by atoms with Crippen LogP contribution in [0.25, 0.3) is 0 Å². The van der Waals surface area contributed by atoms with Crippen molar-refractivity contribution in [3.8, 4) is 0 Å². The molecule has 3 nitrogen and oxygen atoms in total. The summed E-state index contributed by atoms with van der Waals surface area (Å²) in [6.45, 7) is 0.620. The van der Waals surface area contributed by atoms with Gasteiger partial charge in [-0.1, -0.05) is 30.3 Å². The van der Waals surface area contributed by atoms with Crippen molar-refractivity contribution in [3.63, 3.8) is 0 Å². The molecule has 0 aromatic heterocycles. The number of halogens is 1. The summed E-state index contributed by atoms with van der Waals surface area (Å²) in [4.78, 5) is 12.3. The highest BCUT2D eigenvalue weighted by Gasteiger charge is 2.09. The topological polar surface area (TPSA) is 38.3 Å². The SMILES string of the molecule is COCCc1ccccc1NC(=O)c1cccc(CCl)c1. The van der Waals surface area contributed by atoms with E-state index >= 15 is 0 Å². The van der Waals surface area contributed by atoms with Gasteiger partial charge in [0.1, 0.15) is 0 Å². The maximum atomic E-state index is 12.3. The van der Waals surface area contributed by atoms with Crippen LogP contribution in [0.3, 0.4) is 0 Å². The molecule has 0 unspecified atom stereocenters. The molecule has 0 aliphatic heterocycles. The Balaban J connectivity index is 2.15. The number of benzene rings is 2. The summed E-state index contributed by atoms with van der Waals surface area (Å²) >= 11 is 5.80. The number of hydrogen-bond donors (Lipinski definition) is 1. The van der Waals surface area contributed by atoms with Crippen molar-refractivity contribution in [3.05, 3.63) is 65.2 Å². The first-order valence-corrected chi connectivity index (χ1v) is 7.31. The summed E-state index contributed by atoms with van der Waals surface area (Å²) in [5.74, 6) is 0.262. The van der Waals surface area contributed by atoms with Crippen LogP contribution in [0.2, 0.25) is 0 Å². The Morgan fingerprint density at radius 2 is 2.00 bits per heavy atom. The minimum Gasteiger partial charge on any atom is -0.384 e. The van der Waals surface area contributed by atoms with Gasteiger partial charge in [-0.25, -0.2) is 0 Å². The molecule has 4 heteroatoms. The lowest BCUT2D eigenvalue weighted by molar-refractivity contribution is 0.102. The molecule has 0 fully saturated rings. The van der Waals surface area contributed by atoms with Gasteiger partial charge in [0, 0.05) is 24.2 Å². The second-order valence-corrected chi connectivity index (χ2v) is 4.96. The van der Waals surface area contributed by atoms with Gasteiger partial charge < -0.3 is 10.1 Å². The number of amides is 1. The molecule has 0 radical (unpaired) electrons. The maximum Gasteiger partial charge on any atom is 0.255 e. The molecule has 21 heavy (non-hydrogen) atoms. The van der Waals surface area contributed by atoms with Crippen molar-refractivity contribution < 1.29 is 9.53 Å². The van der Waals surface area contributed by atoms with Gasteiger partial charge in [-0.15, -0.1) is 11.6 Å². The van der Waals surface area contributed by atoms with Crippen molar-refractivity contribution in [1.29, 1.82) is 0 Å². The molecule has 1 amide bonds. The highest BCUT2D eigenvalue weighted by Crippen LogP contribution is 2.17. The molecule has 0 aliphatic rings. The minimum atomic E-state index is -0.133. The lowest BCUT2D eigenvalue weighted by atomic mass is 10.1. The van der Waals surface area contributed by atoms with Gasteiger partial charge in [0.2, 0.25) is 0 Å². The third-order valence-corrected chi connectivity index (χ3v) is 3.49. The van der Waals surface area contributed by atoms with Crippen LogP contribution in [0.5, 0.6) is 0 Å². The van der Waals surface area contributed by atoms with E-state index < -0.39 is 0 Å². The fourth-order valence-electron chi connectivity index (χ4n) is 2.06. The van der Waals surface area contributed by atoms with Crippen LogP contribution in [-0.2, 0) is 17.0 Å². The maximum absolute atomic E-state index is 12.3. The number of nitrogens with one attached hydrogen (secondary N) is 1. The average Bonchev–Trinajstić information content (AvgIpc) is 2.54. The van der Waals surface area contributed by atoms with E-state index in [1.54, 1.807) is 19.2 Å². The first kappa shape index (κ1) is 15.5. The first-order chi connectivity index (χ1) is 10.2. The third kappa shape index (κ3) is 4.31. The van der Waals surface area contributed by atoms with E-state index in [0.29, 0.717) is 18.1 Å². The summed E-state index contributed by atoms with van der Waals surface area (Å²) in [6.07, 6.45) is 0.759. The zero-order chi connectivity index (χ0) is 15.1. The number of hydrogen-bond acceptors (Lipinski definition) is 2. The fourth-order valence-corrected chi connectivity index (χ4v) is 2.23. The number of anilines is 1. The summed E-state index contributed by atoms with van der Waals surface area (Å²) in [5.41, 5.74) is 3.41. The standard InChI is InChI=1S/C17H18ClNO2/c1-21-10-9-14-6-2-3-8-16(14)19-17(20)15-7-4-5-13(11-15)12-18/h2-8,11H,9-10,12H2,1H3,(H,19,20). The largest absolute Gasteiger partial charge is 0.384 e. The Morgan fingerprint density at radius 3 is 2.76 bits per heavy atom. The second-order valence-electron chi connectivity index (χ2n) is 4.69. The van der Waals surface area contributed by atoms with Crippen molar-refractivity contribution in [2.75, 3.05) is 19.0 Å². The summed E-state index contributed by atoms with van der Waals surface area (Å²) in [6, 6.07) is 15.1. The Bertz CT molecular complexity index is 613. The first-order valence-electron chi connectivity index (χ1n) is 6.77. The Morgan fingerprint density at radius 1 is 1.19 bits per heavy atom. The van der Waals surface area contributed by atoms with Crippen LogP contribution in [-0.4, -0.2) is 19.6 Å². The molecular formula is C17H18ClNO2. The Hall–Kier alpha value is -1.84. The van der Waals surface area contributed by atoms with Gasteiger partial charge in [0.15, 0.2) is 0 Å². The molecule has 0 bridgehead atoms. The molecule has 0 spiro atoms. The predicted molar refractivity (Wildman–Crippen MR) is 86.0 cm³/mol. The second kappa shape index (κ2) is 7.81. The van der Waals surface area contributed by atoms with Crippen LogP contribution in [0.4, 0.5) is 5.69 Å². The molecule has 0 aliphatic carbocycles. The molecule has 0 atom stereocenters. The van der Waals surface area contributed by atoms with E-state index in [1.165, 1.54) is 0 Å². The van der Waals surface area contributed by atoms with Crippen LogP contribution in [0, 0.1) is 0 Å². The van der Waals surface area contributed by atoms with E-state index in [-0.39, 0.29) is 5.91 Å². The number of ether oxygens (including phenoxy) is 1. The molecule has 0 saturated carbocycles. The zero-order valence-electron chi connectivity index (χ0n) is 11.9. The summed E-state index contributed by atoms with van der Waals surface area (Å²) < 4.78 is 5.09. The van der Waals surface area contributed by atoms with Crippen molar-refractivity contribution >= 4 is 23.2 Å². The highest BCUT2D eigenvalue weighted by atomic mass is 35.5. The van der Waals surface area contributed by atoms with Crippen LogP contribution in [0.1, 0.15) is 21.5 Å². The average molecular weight is 304 g/mol. The number of carbonyl (C=O) groups excluding carboxylic acids is 1. The number of methoxy groups -OCH3 is 1. The smallest absolute Gasteiger partial charge is 0.255 e. The molecule has 110 valence electrons. The minimum absolute atomic E-state index is 0.133. The molecule has 1 N–H and O–H groups in total. The molecule has 2 rings (SSSR count). The van der Waals surface area contributed by atoms with E-state index in [9.17, 15) is 4.79 Å². The predicted octanol–water partition coefficient (Wildman–Crippen LogP) is 3.87. The van der Waals surface area contributed by atoms with E-state index in [0.717, 1.165) is 23.2 Å². The van der Waals surface area contributed by atoms with Crippen LogP contribution in [0.15, 0.2) is 48.5 Å². The molecular weight excluding hydrogens is 286 g/mol. The van der Waals surface area contributed by atoms with E-state index in [1.807, 2.05) is 36.4 Å². The van der Waals surface area contributed by atoms with Gasteiger partial charge in [-0.05, 0) is 35.7 Å². The molecule has 0 heterocycles. The number of rotatable bonds is 6. The number of carbonyl (C=O) groups is 1. The number of para-hydroxylation sites is 1. The lowest BCUT2D eigenvalue weighted by Crippen LogP contribution is -2.14.